The van der Waals surface area contributed by atoms with E-state index in [0.29, 0.717) is 6.54 Å². The van der Waals surface area contributed by atoms with Gasteiger partial charge in [-0.2, -0.15) is 5.10 Å². The minimum atomic E-state index is 0.0239. The van der Waals surface area contributed by atoms with Crippen molar-refractivity contribution in [1.29, 1.82) is 0 Å². The van der Waals surface area contributed by atoms with Crippen molar-refractivity contribution in [3.63, 3.8) is 0 Å². The molecule has 2 aromatic heterocycles. The minimum Gasteiger partial charge on any atom is -0.356 e. The van der Waals surface area contributed by atoms with E-state index in [9.17, 15) is 4.79 Å². The van der Waals surface area contributed by atoms with Gasteiger partial charge in [0.25, 0.3) is 0 Å². The predicted molar refractivity (Wildman–Crippen MR) is 83.1 cm³/mol. The molecular formula is C15H18N6O. The molecule has 0 unspecified atom stereocenters. The summed E-state index contributed by atoms with van der Waals surface area (Å²) in [5.74, 6) is 3.39. The first-order chi connectivity index (χ1) is 10.7. The van der Waals surface area contributed by atoms with Gasteiger partial charge in [0.15, 0.2) is 5.65 Å². The standard InChI is InChI=1S/C15H18N6O/c1-3-6-16-15(22)11-4-7-21(8-5-11)14-12-9-19-20(2)13(12)17-10-18-14/h1,9-11H,4-8H2,2H3,(H,16,22). The third-order valence-electron chi connectivity index (χ3n) is 4.04. The quantitative estimate of drug-likeness (QED) is 0.826. The molecule has 1 fully saturated rings. The molecule has 114 valence electrons. The van der Waals surface area contributed by atoms with E-state index < -0.39 is 0 Å². The smallest absolute Gasteiger partial charge is 0.223 e. The number of carbonyl (C=O) groups is 1. The number of rotatable bonds is 3. The van der Waals surface area contributed by atoms with E-state index in [-0.39, 0.29) is 11.8 Å². The van der Waals surface area contributed by atoms with Crippen molar-refractivity contribution in [1.82, 2.24) is 25.1 Å². The highest BCUT2D eigenvalue weighted by molar-refractivity contribution is 5.87. The van der Waals surface area contributed by atoms with Crippen molar-refractivity contribution >= 4 is 22.8 Å². The zero-order chi connectivity index (χ0) is 15.5. The molecule has 0 aromatic carbocycles. The zero-order valence-electron chi connectivity index (χ0n) is 12.5. The van der Waals surface area contributed by atoms with Crippen LogP contribution < -0.4 is 10.2 Å². The first-order valence-corrected chi connectivity index (χ1v) is 7.29. The third kappa shape index (κ3) is 2.60. The van der Waals surface area contributed by atoms with Crippen molar-refractivity contribution in [2.45, 2.75) is 12.8 Å². The Morgan fingerprint density at radius 2 is 2.23 bits per heavy atom. The molecule has 0 aliphatic carbocycles. The molecule has 1 saturated heterocycles. The molecule has 1 N–H and O–H groups in total. The molecule has 7 heteroatoms. The molecule has 3 rings (SSSR count). The summed E-state index contributed by atoms with van der Waals surface area (Å²) in [6, 6.07) is 0. The van der Waals surface area contributed by atoms with E-state index in [1.165, 1.54) is 0 Å². The summed E-state index contributed by atoms with van der Waals surface area (Å²) in [5, 5.41) is 7.93. The number of nitrogens with one attached hydrogen (secondary N) is 1. The maximum Gasteiger partial charge on any atom is 0.223 e. The highest BCUT2D eigenvalue weighted by atomic mass is 16.1. The average molecular weight is 298 g/mol. The first kappa shape index (κ1) is 14.3. The summed E-state index contributed by atoms with van der Waals surface area (Å²) in [5.41, 5.74) is 0.818. The Bertz CT molecular complexity index is 723. The van der Waals surface area contributed by atoms with E-state index in [0.717, 1.165) is 42.8 Å². The number of aromatic nitrogens is 4. The number of hydrogen-bond donors (Lipinski definition) is 1. The van der Waals surface area contributed by atoms with E-state index in [1.54, 1.807) is 17.2 Å². The highest BCUT2D eigenvalue weighted by Crippen LogP contribution is 2.27. The molecule has 1 amide bonds. The normalized spacial score (nSPS) is 15.7. The van der Waals surface area contributed by atoms with Gasteiger partial charge < -0.3 is 10.2 Å². The fourth-order valence-corrected chi connectivity index (χ4v) is 2.84. The van der Waals surface area contributed by atoms with Crippen LogP contribution in [0.15, 0.2) is 12.5 Å². The van der Waals surface area contributed by atoms with Crippen LogP contribution in [0.4, 0.5) is 5.82 Å². The Kier molecular flexibility index (Phi) is 3.92. The van der Waals surface area contributed by atoms with Crippen molar-refractivity contribution < 1.29 is 4.79 Å². The molecule has 1 aliphatic rings. The number of amides is 1. The third-order valence-corrected chi connectivity index (χ3v) is 4.04. The van der Waals surface area contributed by atoms with Gasteiger partial charge in [-0.1, -0.05) is 5.92 Å². The van der Waals surface area contributed by atoms with Crippen LogP contribution in [0.2, 0.25) is 0 Å². The lowest BCUT2D eigenvalue weighted by atomic mass is 9.96. The molecule has 22 heavy (non-hydrogen) atoms. The molecular weight excluding hydrogens is 280 g/mol. The lowest BCUT2D eigenvalue weighted by Gasteiger charge is -2.32. The molecule has 1 aliphatic heterocycles. The number of anilines is 1. The predicted octanol–water partition coefficient (Wildman–Crippen LogP) is 0.329. The Morgan fingerprint density at radius 1 is 1.45 bits per heavy atom. The van der Waals surface area contributed by atoms with E-state index in [4.69, 9.17) is 6.42 Å². The van der Waals surface area contributed by atoms with Crippen LogP contribution in [-0.4, -0.2) is 45.3 Å². The van der Waals surface area contributed by atoms with Gasteiger partial charge in [0.1, 0.15) is 12.1 Å². The van der Waals surface area contributed by atoms with Gasteiger partial charge in [0, 0.05) is 26.1 Å². The van der Waals surface area contributed by atoms with Crippen molar-refractivity contribution in [2.75, 3.05) is 24.5 Å². The Labute approximate surface area is 128 Å². The fourth-order valence-electron chi connectivity index (χ4n) is 2.84. The summed E-state index contributed by atoms with van der Waals surface area (Å²) in [7, 11) is 1.86. The molecule has 3 heterocycles. The van der Waals surface area contributed by atoms with Crippen LogP contribution >= 0.6 is 0 Å². The lowest BCUT2D eigenvalue weighted by Crippen LogP contribution is -2.41. The summed E-state index contributed by atoms with van der Waals surface area (Å²) in [6.45, 7) is 1.87. The van der Waals surface area contributed by atoms with Crippen LogP contribution in [0.1, 0.15) is 12.8 Å². The summed E-state index contributed by atoms with van der Waals surface area (Å²) in [4.78, 5) is 22.8. The Balaban J connectivity index is 1.71. The molecule has 0 bridgehead atoms. The number of aryl methyl sites for hydroxylation is 1. The largest absolute Gasteiger partial charge is 0.356 e. The SMILES string of the molecule is C#CCNC(=O)C1CCN(c2ncnc3c2cnn3C)CC1. The second-order valence-electron chi connectivity index (χ2n) is 5.39. The fraction of sp³-hybridized carbons (Fsp3) is 0.467. The van der Waals surface area contributed by atoms with Crippen LogP contribution in [0.3, 0.4) is 0 Å². The Hall–Kier alpha value is -2.62. The molecule has 0 radical (unpaired) electrons. The van der Waals surface area contributed by atoms with Crippen molar-refractivity contribution in [3.8, 4) is 12.3 Å². The summed E-state index contributed by atoms with van der Waals surface area (Å²) in [6.07, 6.45) is 10.1. The number of piperidine rings is 1. The average Bonchev–Trinajstić information content (AvgIpc) is 2.94. The van der Waals surface area contributed by atoms with Gasteiger partial charge in [-0.25, -0.2) is 9.97 Å². The highest BCUT2D eigenvalue weighted by Gasteiger charge is 2.26. The van der Waals surface area contributed by atoms with Crippen LogP contribution in [0.25, 0.3) is 11.0 Å². The summed E-state index contributed by atoms with van der Waals surface area (Å²) >= 11 is 0. The van der Waals surface area contributed by atoms with Crippen LogP contribution in [0.5, 0.6) is 0 Å². The second kappa shape index (κ2) is 6.02. The topological polar surface area (TPSA) is 75.9 Å². The zero-order valence-corrected chi connectivity index (χ0v) is 12.5. The first-order valence-electron chi connectivity index (χ1n) is 7.29. The van der Waals surface area contributed by atoms with Gasteiger partial charge in [-0.3, -0.25) is 9.48 Å². The van der Waals surface area contributed by atoms with Gasteiger partial charge in [0.05, 0.1) is 18.1 Å². The monoisotopic (exact) mass is 298 g/mol. The molecule has 2 aromatic rings. The summed E-state index contributed by atoms with van der Waals surface area (Å²) < 4.78 is 1.74. The molecule has 0 saturated carbocycles. The van der Waals surface area contributed by atoms with Crippen molar-refractivity contribution in [3.05, 3.63) is 12.5 Å². The van der Waals surface area contributed by atoms with E-state index in [2.05, 4.69) is 31.2 Å². The number of hydrogen-bond acceptors (Lipinski definition) is 5. The Morgan fingerprint density at radius 3 is 2.95 bits per heavy atom. The molecule has 0 atom stereocenters. The number of nitrogens with zero attached hydrogens (tertiary/aromatic N) is 5. The maximum absolute atomic E-state index is 12.0. The van der Waals surface area contributed by atoms with Gasteiger partial charge in [0.2, 0.25) is 5.91 Å². The van der Waals surface area contributed by atoms with E-state index in [1.807, 2.05) is 7.05 Å². The number of carbonyl (C=O) groups excluding carboxylic acids is 1. The minimum absolute atomic E-state index is 0.0239. The van der Waals surface area contributed by atoms with E-state index >= 15 is 0 Å². The van der Waals surface area contributed by atoms with Crippen LogP contribution in [-0.2, 0) is 11.8 Å². The number of terminal acetylenes is 1. The molecule has 7 nitrogen and oxygen atoms in total. The van der Waals surface area contributed by atoms with Crippen LogP contribution in [0, 0.1) is 18.3 Å². The second-order valence-corrected chi connectivity index (χ2v) is 5.39. The van der Waals surface area contributed by atoms with Gasteiger partial charge >= 0.3 is 0 Å². The number of fused-ring (bicyclic) bond motifs is 1. The lowest BCUT2D eigenvalue weighted by molar-refractivity contribution is -0.125. The van der Waals surface area contributed by atoms with Gasteiger partial charge in [-0.05, 0) is 12.8 Å². The maximum atomic E-state index is 12.0. The van der Waals surface area contributed by atoms with Gasteiger partial charge in [-0.15, -0.1) is 6.42 Å². The molecule has 0 spiro atoms. The van der Waals surface area contributed by atoms with Crippen molar-refractivity contribution in [2.24, 2.45) is 13.0 Å².